The van der Waals surface area contributed by atoms with Crippen LogP contribution in [-0.2, 0) is 13.0 Å². The van der Waals surface area contributed by atoms with Crippen LogP contribution in [0.15, 0.2) is 30.3 Å². The van der Waals surface area contributed by atoms with Crippen molar-refractivity contribution in [3.05, 3.63) is 61.0 Å². The molecule has 1 aromatic carbocycles. The largest absolute Gasteiger partial charge is 0.380 e. The topological polar surface area (TPSA) is 98.3 Å². The number of nitrogens with one attached hydrogen (secondary N) is 1. The molecule has 0 aliphatic heterocycles. The maximum Gasteiger partial charge on any atom is 0.324 e. The van der Waals surface area contributed by atoms with E-state index < -0.39 is 9.85 Å². The Morgan fingerprint density at radius 2 is 1.90 bits per heavy atom. The van der Waals surface area contributed by atoms with E-state index in [0.717, 1.165) is 16.2 Å². The minimum atomic E-state index is -0.435. The Labute approximate surface area is 124 Å². The van der Waals surface area contributed by atoms with Crippen LogP contribution in [0.1, 0.15) is 17.4 Å². The Balaban J connectivity index is 2.10. The fraction of sp³-hybridized carbons (Fsp3) is 0.231. The van der Waals surface area contributed by atoms with E-state index in [0.29, 0.717) is 24.2 Å². The molecule has 0 saturated heterocycles. The fourth-order valence-electron chi connectivity index (χ4n) is 1.89. The molecule has 0 aliphatic carbocycles. The van der Waals surface area contributed by atoms with Crippen LogP contribution < -0.4 is 5.32 Å². The molecule has 2 aromatic rings. The second-order valence-corrected chi connectivity index (χ2v) is 5.45. The van der Waals surface area contributed by atoms with Crippen LogP contribution in [0, 0.1) is 20.2 Å². The zero-order valence-electron chi connectivity index (χ0n) is 11.2. The number of nitro groups is 2. The van der Waals surface area contributed by atoms with Gasteiger partial charge in [0.1, 0.15) is 0 Å². The van der Waals surface area contributed by atoms with Crippen LogP contribution in [0.4, 0.5) is 16.4 Å². The molecule has 1 N–H and O–H groups in total. The molecule has 21 heavy (non-hydrogen) atoms. The standard InChI is InChI=1S/C13H13N3O4S/c1-2-9-3-4-10(7-12(9)15(17)18)14-8-11-5-6-13(21-11)16(19)20/h3-7,14H,2,8H2,1H3. The molecule has 0 atom stereocenters. The van der Waals surface area contributed by atoms with E-state index in [1.807, 2.05) is 6.92 Å². The third-order valence-corrected chi connectivity index (χ3v) is 3.99. The second kappa shape index (κ2) is 6.31. The van der Waals surface area contributed by atoms with Gasteiger partial charge < -0.3 is 5.32 Å². The zero-order valence-corrected chi connectivity index (χ0v) is 12.1. The van der Waals surface area contributed by atoms with E-state index in [4.69, 9.17) is 0 Å². The van der Waals surface area contributed by atoms with Crippen LogP contribution in [0.3, 0.4) is 0 Å². The molecule has 8 heteroatoms. The van der Waals surface area contributed by atoms with Crippen molar-refractivity contribution in [1.82, 2.24) is 0 Å². The van der Waals surface area contributed by atoms with Gasteiger partial charge in [0, 0.05) is 34.8 Å². The van der Waals surface area contributed by atoms with E-state index >= 15 is 0 Å². The maximum atomic E-state index is 11.0. The van der Waals surface area contributed by atoms with Crippen molar-refractivity contribution in [2.24, 2.45) is 0 Å². The van der Waals surface area contributed by atoms with Crippen LogP contribution in [0.25, 0.3) is 0 Å². The Bertz CT molecular complexity index is 684. The predicted molar refractivity (Wildman–Crippen MR) is 80.8 cm³/mol. The molecule has 0 radical (unpaired) electrons. The van der Waals surface area contributed by atoms with Gasteiger partial charge in [-0.25, -0.2) is 0 Å². The third-order valence-electron chi connectivity index (χ3n) is 2.96. The van der Waals surface area contributed by atoms with E-state index in [1.165, 1.54) is 12.1 Å². The molecule has 7 nitrogen and oxygen atoms in total. The summed E-state index contributed by atoms with van der Waals surface area (Å²) in [6.45, 7) is 2.25. The molecule has 1 aromatic heterocycles. The summed E-state index contributed by atoms with van der Waals surface area (Å²) in [5.74, 6) is 0. The van der Waals surface area contributed by atoms with Crippen molar-refractivity contribution >= 4 is 27.7 Å². The summed E-state index contributed by atoms with van der Waals surface area (Å²) in [5, 5.41) is 24.7. The SMILES string of the molecule is CCc1ccc(NCc2ccc([N+](=O)[O-])s2)cc1[N+](=O)[O-]. The minimum absolute atomic E-state index is 0.0825. The lowest BCUT2D eigenvalue weighted by Crippen LogP contribution is -2.00. The van der Waals surface area contributed by atoms with Gasteiger partial charge in [-0.2, -0.15) is 0 Å². The molecule has 0 amide bonds. The van der Waals surface area contributed by atoms with Gasteiger partial charge in [0.2, 0.25) is 0 Å². The average molecular weight is 307 g/mol. The highest BCUT2D eigenvalue weighted by Gasteiger charge is 2.13. The fourth-order valence-corrected chi connectivity index (χ4v) is 2.65. The van der Waals surface area contributed by atoms with Crippen molar-refractivity contribution in [3.8, 4) is 0 Å². The number of benzene rings is 1. The van der Waals surface area contributed by atoms with Gasteiger partial charge in [0.05, 0.1) is 9.85 Å². The number of nitrogens with zero attached hydrogens (tertiary/aromatic N) is 2. The van der Waals surface area contributed by atoms with Gasteiger partial charge in [0.15, 0.2) is 0 Å². The molecule has 0 aliphatic rings. The van der Waals surface area contributed by atoms with Crippen LogP contribution in [0.5, 0.6) is 0 Å². The number of aryl methyl sites for hydroxylation is 1. The van der Waals surface area contributed by atoms with Gasteiger partial charge in [-0.05, 0) is 18.6 Å². The summed E-state index contributed by atoms with van der Waals surface area (Å²) in [6.07, 6.45) is 0.591. The summed E-state index contributed by atoms with van der Waals surface area (Å²) in [6, 6.07) is 8.10. The highest BCUT2D eigenvalue weighted by Crippen LogP contribution is 2.27. The molecule has 0 saturated carbocycles. The summed E-state index contributed by atoms with van der Waals surface area (Å²) in [5.41, 5.74) is 1.38. The van der Waals surface area contributed by atoms with Crippen LogP contribution in [0.2, 0.25) is 0 Å². The van der Waals surface area contributed by atoms with Crippen LogP contribution in [-0.4, -0.2) is 9.85 Å². The first-order valence-corrected chi connectivity index (χ1v) is 7.07. The van der Waals surface area contributed by atoms with Gasteiger partial charge in [-0.3, -0.25) is 20.2 Å². The normalized spacial score (nSPS) is 10.3. The predicted octanol–water partition coefficient (Wildman–Crippen LogP) is 3.74. The van der Waals surface area contributed by atoms with E-state index in [-0.39, 0.29) is 10.7 Å². The van der Waals surface area contributed by atoms with Gasteiger partial charge in [-0.1, -0.05) is 24.3 Å². The summed E-state index contributed by atoms with van der Waals surface area (Å²) in [4.78, 5) is 21.5. The molecular weight excluding hydrogens is 294 g/mol. The lowest BCUT2D eigenvalue weighted by Gasteiger charge is -2.06. The number of hydrogen-bond donors (Lipinski definition) is 1. The Morgan fingerprint density at radius 1 is 1.14 bits per heavy atom. The van der Waals surface area contributed by atoms with Crippen molar-refractivity contribution < 1.29 is 9.85 Å². The Morgan fingerprint density at radius 3 is 2.48 bits per heavy atom. The summed E-state index contributed by atoms with van der Waals surface area (Å²) in [7, 11) is 0. The third kappa shape index (κ3) is 3.54. The molecule has 0 unspecified atom stereocenters. The highest BCUT2D eigenvalue weighted by atomic mass is 32.1. The smallest absolute Gasteiger partial charge is 0.324 e. The first-order valence-electron chi connectivity index (χ1n) is 6.25. The van der Waals surface area contributed by atoms with Gasteiger partial charge in [-0.15, -0.1) is 0 Å². The summed E-state index contributed by atoms with van der Waals surface area (Å²) >= 11 is 1.08. The molecule has 0 spiro atoms. The highest BCUT2D eigenvalue weighted by molar-refractivity contribution is 7.15. The number of thiophene rings is 1. The second-order valence-electron chi connectivity index (χ2n) is 4.30. The van der Waals surface area contributed by atoms with Crippen LogP contribution >= 0.6 is 11.3 Å². The van der Waals surface area contributed by atoms with Gasteiger partial charge >= 0.3 is 5.00 Å². The molecule has 0 fully saturated rings. The Kier molecular flexibility index (Phi) is 4.49. The lowest BCUT2D eigenvalue weighted by atomic mass is 10.1. The quantitative estimate of drug-likeness (QED) is 0.647. The lowest BCUT2D eigenvalue weighted by molar-refractivity contribution is -0.385. The van der Waals surface area contributed by atoms with Crippen molar-refractivity contribution in [3.63, 3.8) is 0 Å². The average Bonchev–Trinajstić information content (AvgIpc) is 2.94. The molecule has 0 bridgehead atoms. The maximum absolute atomic E-state index is 11.0. The minimum Gasteiger partial charge on any atom is -0.380 e. The van der Waals surface area contributed by atoms with E-state index in [9.17, 15) is 20.2 Å². The number of anilines is 1. The first-order chi connectivity index (χ1) is 10.0. The molecule has 1 heterocycles. The number of nitro benzene ring substituents is 1. The summed E-state index contributed by atoms with van der Waals surface area (Å²) < 4.78 is 0. The first kappa shape index (κ1) is 14.9. The number of hydrogen-bond acceptors (Lipinski definition) is 6. The van der Waals surface area contributed by atoms with Crippen molar-refractivity contribution in [2.75, 3.05) is 5.32 Å². The Hall–Kier alpha value is -2.48. The van der Waals surface area contributed by atoms with E-state index in [2.05, 4.69) is 5.32 Å². The molecule has 2 rings (SSSR count). The number of rotatable bonds is 6. The monoisotopic (exact) mass is 307 g/mol. The molecular formula is C13H13N3O4S. The zero-order chi connectivity index (χ0) is 15.4. The van der Waals surface area contributed by atoms with Gasteiger partial charge in [0.25, 0.3) is 5.69 Å². The molecule has 110 valence electrons. The van der Waals surface area contributed by atoms with E-state index in [1.54, 1.807) is 18.2 Å². The van der Waals surface area contributed by atoms with Crippen molar-refractivity contribution in [1.29, 1.82) is 0 Å². The van der Waals surface area contributed by atoms with Crippen molar-refractivity contribution in [2.45, 2.75) is 19.9 Å².